The normalized spacial score (nSPS) is 25.2. The number of nitrogens with zero attached hydrogens (tertiary/aromatic N) is 2. The molecule has 2 aliphatic heterocycles. The van der Waals surface area contributed by atoms with Gasteiger partial charge in [0.25, 0.3) is 0 Å². The number of amides is 1. The molecule has 0 aliphatic carbocycles. The number of carbonyl (C=O) groups is 1. The summed E-state index contributed by atoms with van der Waals surface area (Å²) < 4.78 is 23.7. The average Bonchev–Trinajstić information content (AvgIpc) is 3.14. The van der Waals surface area contributed by atoms with Gasteiger partial charge in [-0.2, -0.15) is 0 Å². The predicted octanol–water partition coefficient (Wildman–Crippen LogP) is 2.58. The van der Waals surface area contributed by atoms with Gasteiger partial charge in [0.2, 0.25) is 5.91 Å². The molecule has 7 heteroatoms. The van der Waals surface area contributed by atoms with E-state index < -0.39 is 9.84 Å². The number of sulfone groups is 1. The summed E-state index contributed by atoms with van der Waals surface area (Å²) in [6.45, 7) is 4.12. The number of aryl methyl sites for hydroxylation is 2. The van der Waals surface area contributed by atoms with Gasteiger partial charge >= 0.3 is 0 Å². The number of benzene rings is 1. The number of thiazole rings is 1. The van der Waals surface area contributed by atoms with Crippen molar-refractivity contribution in [3.05, 3.63) is 34.7 Å². The molecule has 1 aromatic carbocycles. The topological polar surface area (TPSA) is 67.3 Å². The third-order valence-corrected chi connectivity index (χ3v) is 7.60. The average molecular weight is 362 g/mol. The van der Waals surface area contributed by atoms with Gasteiger partial charge in [0.1, 0.15) is 0 Å². The minimum atomic E-state index is -3.04. The van der Waals surface area contributed by atoms with Crippen LogP contribution in [0.1, 0.15) is 17.5 Å². The molecular formula is C17H18N2O3S2. The zero-order valence-electron chi connectivity index (χ0n) is 13.5. The molecule has 4 rings (SSSR count). The summed E-state index contributed by atoms with van der Waals surface area (Å²) in [4.78, 5) is 18.6. The van der Waals surface area contributed by atoms with Crippen LogP contribution >= 0.6 is 11.3 Å². The molecule has 2 atom stereocenters. The zero-order valence-corrected chi connectivity index (χ0v) is 15.2. The van der Waals surface area contributed by atoms with Crippen LogP contribution in [0.25, 0.3) is 11.3 Å². The molecular weight excluding hydrogens is 344 g/mol. The first-order valence-corrected chi connectivity index (χ1v) is 10.6. The first-order chi connectivity index (χ1) is 11.3. The van der Waals surface area contributed by atoms with Crippen molar-refractivity contribution in [2.24, 2.45) is 5.92 Å². The van der Waals surface area contributed by atoms with Crippen molar-refractivity contribution in [3.63, 3.8) is 0 Å². The van der Waals surface area contributed by atoms with E-state index in [1.165, 1.54) is 22.5 Å². The monoisotopic (exact) mass is 362 g/mol. The van der Waals surface area contributed by atoms with Crippen molar-refractivity contribution in [2.45, 2.75) is 26.3 Å². The van der Waals surface area contributed by atoms with Crippen LogP contribution in [-0.4, -0.2) is 36.9 Å². The van der Waals surface area contributed by atoms with E-state index in [-0.39, 0.29) is 29.4 Å². The largest absolute Gasteiger partial charge is 0.284 e. The highest BCUT2D eigenvalue weighted by atomic mass is 32.2. The SMILES string of the molecule is Cc1ccc(-c2csc(N3C(=O)C[C@@H]4CS(=O)(=O)C[C@H]43)n2)cc1C. The van der Waals surface area contributed by atoms with Gasteiger partial charge in [0, 0.05) is 23.3 Å². The van der Waals surface area contributed by atoms with Crippen LogP contribution in [0.15, 0.2) is 23.6 Å². The van der Waals surface area contributed by atoms with E-state index in [0.29, 0.717) is 11.6 Å². The number of carbonyl (C=O) groups excluding carboxylic acids is 1. The maximum atomic E-state index is 12.3. The van der Waals surface area contributed by atoms with Gasteiger partial charge in [-0.05, 0) is 31.0 Å². The van der Waals surface area contributed by atoms with Crippen LogP contribution in [0.4, 0.5) is 5.13 Å². The van der Waals surface area contributed by atoms with Crippen molar-refractivity contribution in [3.8, 4) is 11.3 Å². The van der Waals surface area contributed by atoms with E-state index in [9.17, 15) is 13.2 Å². The molecule has 0 N–H and O–H groups in total. The number of fused-ring (bicyclic) bond motifs is 1. The summed E-state index contributed by atoms with van der Waals surface area (Å²) in [7, 11) is -3.04. The number of hydrogen-bond acceptors (Lipinski definition) is 5. The van der Waals surface area contributed by atoms with E-state index in [1.54, 1.807) is 4.90 Å². The minimum Gasteiger partial charge on any atom is -0.284 e. The third kappa shape index (κ3) is 2.56. The molecule has 1 amide bonds. The lowest BCUT2D eigenvalue weighted by atomic mass is 10.1. The second kappa shape index (κ2) is 5.39. The molecule has 126 valence electrons. The van der Waals surface area contributed by atoms with Crippen LogP contribution in [0, 0.1) is 19.8 Å². The molecule has 2 aromatic rings. The molecule has 0 radical (unpaired) electrons. The lowest BCUT2D eigenvalue weighted by Gasteiger charge is -2.19. The number of anilines is 1. The Kier molecular flexibility index (Phi) is 3.54. The zero-order chi connectivity index (χ0) is 17.1. The van der Waals surface area contributed by atoms with E-state index in [4.69, 9.17) is 0 Å². The van der Waals surface area contributed by atoms with Crippen molar-refractivity contribution in [1.82, 2.24) is 4.98 Å². The quantitative estimate of drug-likeness (QED) is 0.823. The molecule has 2 fully saturated rings. The van der Waals surface area contributed by atoms with E-state index in [0.717, 1.165) is 11.3 Å². The second-order valence-electron chi connectivity index (χ2n) is 6.69. The van der Waals surface area contributed by atoms with Crippen molar-refractivity contribution < 1.29 is 13.2 Å². The summed E-state index contributed by atoms with van der Waals surface area (Å²) in [6, 6.07) is 5.92. The molecule has 0 unspecified atom stereocenters. The maximum Gasteiger partial charge on any atom is 0.229 e. The Labute approximate surface area is 145 Å². The summed E-state index contributed by atoms with van der Waals surface area (Å²) in [5.74, 6) is 0.0782. The lowest BCUT2D eigenvalue weighted by Crippen LogP contribution is -2.36. The van der Waals surface area contributed by atoms with Crippen molar-refractivity contribution in [2.75, 3.05) is 16.4 Å². The van der Waals surface area contributed by atoms with Crippen LogP contribution in [0.3, 0.4) is 0 Å². The fourth-order valence-corrected chi connectivity index (χ4v) is 6.52. The number of rotatable bonds is 2. The molecule has 2 aliphatic rings. The summed E-state index contributed by atoms with van der Waals surface area (Å²) >= 11 is 1.40. The highest BCUT2D eigenvalue weighted by Crippen LogP contribution is 2.39. The second-order valence-corrected chi connectivity index (χ2v) is 9.68. The van der Waals surface area contributed by atoms with Gasteiger partial charge in [0.05, 0.1) is 23.2 Å². The maximum absolute atomic E-state index is 12.3. The first-order valence-electron chi connectivity index (χ1n) is 7.90. The molecule has 24 heavy (non-hydrogen) atoms. The smallest absolute Gasteiger partial charge is 0.229 e. The molecule has 1 aromatic heterocycles. The Morgan fingerprint density at radius 3 is 2.75 bits per heavy atom. The standard InChI is InChI=1S/C17H18N2O3S2/c1-10-3-4-12(5-11(10)2)14-7-23-17(18-14)19-15-9-24(21,22)8-13(15)6-16(19)20/h3-5,7,13,15H,6,8-9H2,1-2H3/t13-,15-/m1/s1. The Morgan fingerprint density at radius 2 is 2.00 bits per heavy atom. The number of hydrogen-bond donors (Lipinski definition) is 0. The fraction of sp³-hybridized carbons (Fsp3) is 0.412. The van der Waals surface area contributed by atoms with Crippen LogP contribution in [-0.2, 0) is 14.6 Å². The van der Waals surface area contributed by atoms with Crippen LogP contribution in [0.2, 0.25) is 0 Å². The van der Waals surface area contributed by atoms with Crippen molar-refractivity contribution in [1.29, 1.82) is 0 Å². The lowest BCUT2D eigenvalue weighted by molar-refractivity contribution is -0.117. The van der Waals surface area contributed by atoms with E-state index in [2.05, 4.69) is 31.0 Å². The molecule has 0 bridgehead atoms. The van der Waals surface area contributed by atoms with Gasteiger partial charge in [0.15, 0.2) is 15.0 Å². The van der Waals surface area contributed by atoms with Crippen molar-refractivity contribution >= 4 is 32.2 Å². The Hall–Kier alpha value is -1.73. The van der Waals surface area contributed by atoms with Gasteiger partial charge < -0.3 is 0 Å². The van der Waals surface area contributed by atoms with Gasteiger partial charge in [-0.15, -0.1) is 11.3 Å². The molecule has 3 heterocycles. The van der Waals surface area contributed by atoms with Gasteiger partial charge in [-0.25, -0.2) is 13.4 Å². The van der Waals surface area contributed by atoms with Gasteiger partial charge in [-0.1, -0.05) is 12.1 Å². The summed E-state index contributed by atoms with van der Waals surface area (Å²) in [6.07, 6.45) is 0.308. The highest BCUT2D eigenvalue weighted by Gasteiger charge is 2.50. The van der Waals surface area contributed by atoms with E-state index in [1.807, 2.05) is 11.4 Å². The molecule has 0 saturated carbocycles. The first kappa shape index (κ1) is 15.8. The molecule has 5 nitrogen and oxygen atoms in total. The Morgan fingerprint density at radius 1 is 1.21 bits per heavy atom. The summed E-state index contributed by atoms with van der Waals surface area (Å²) in [5, 5.41) is 2.54. The minimum absolute atomic E-state index is 0.0131. The van der Waals surface area contributed by atoms with Crippen LogP contribution < -0.4 is 4.90 Å². The highest BCUT2D eigenvalue weighted by molar-refractivity contribution is 7.91. The predicted molar refractivity (Wildman–Crippen MR) is 95.1 cm³/mol. The summed E-state index contributed by atoms with van der Waals surface area (Å²) in [5.41, 5.74) is 4.27. The molecule has 2 saturated heterocycles. The molecule has 0 spiro atoms. The van der Waals surface area contributed by atoms with E-state index >= 15 is 0 Å². The number of aromatic nitrogens is 1. The Balaban J connectivity index is 1.67. The van der Waals surface area contributed by atoms with Crippen LogP contribution in [0.5, 0.6) is 0 Å². The Bertz CT molecular complexity index is 933. The fourth-order valence-electron chi connectivity index (χ4n) is 3.55. The third-order valence-electron chi connectivity index (χ3n) is 4.97. The van der Waals surface area contributed by atoms with Gasteiger partial charge in [-0.3, -0.25) is 9.69 Å².